The molecule has 2 amide bonds. The molecule has 152 valence electrons. The molecule has 0 radical (unpaired) electrons. The molecule has 1 aliphatic carbocycles. The van der Waals surface area contributed by atoms with Gasteiger partial charge in [-0.15, -0.1) is 0 Å². The van der Waals surface area contributed by atoms with Crippen molar-refractivity contribution in [3.8, 4) is 0 Å². The maximum absolute atomic E-state index is 13.7. The van der Waals surface area contributed by atoms with Gasteiger partial charge in [0.2, 0.25) is 0 Å². The molecule has 0 aromatic carbocycles. The second-order valence-corrected chi connectivity index (χ2v) is 8.76. The van der Waals surface area contributed by atoms with Crippen LogP contribution in [0.15, 0.2) is 0 Å². The number of ether oxygens (including phenoxy) is 2. The lowest BCUT2D eigenvalue weighted by Crippen LogP contribution is -2.63. The van der Waals surface area contributed by atoms with Crippen molar-refractivity contribution in [3.05, 3.63) is 0 Å². The van der Waals surface area contributed by atoms with Gasteiger partial charge in [0.15, 0.2) is 5.28 Å². The SMILES string of the molecule is CCOC(=O)NN(C(=O)OCC)C1(P(=O)(OC(C)C)OC(C)C)CCC1. The molecule has 26 heavy (non-hydrogen) atoms. The summed E-state index contributed by atoms with van der Waals surface area (Å²) in [5, 5.41) is -0.399. The van der Waals surface area contributed by atoms with Crippen LogP contribution in [0.3, 0.4) is 0 Å². The van der Waals surface area contributed by atoms with Gasteiger partial charge in [-0.2, -0.15) is 5.01 Å². The summed E-state index contributed by atoms with van der Waals surface area (Å²) in [6, 6.07) is 0. The highest BCUT2D eigenvalue weighted by atomic mass is 31.2. The topological polar surface area (TPSA) is 103 Å². The largest absolute Gasteiger partial charge is 0.449 e. The molecular formula is C16H31N2O7P. The van der Waals surface area contributed by atoms with Gasteiger partial charge in [0.1, 0.15) is 0 Å². The summed E-state index contributed by atoms with van der Waals surface area (Å²) in [6.45, 7) is 10.4. The lowest BCUT2D eigenvalue weighted by molar-refractivity contribution is -0.00647. The minimum atomic E-state index is -3.82. The summed E-state index contributed by atoms with van der Waals surface area (Å²) in [5.41, 5.74) is 2.36. The van der Waals surface area contributed by atoms with Gasteiger partial charge >= 0.3 is 19.8 Å². The maximum Gasteiger partial charge on any atom is 0.429 e. The Morgan fingerprint density at radius 1 is 1.04 bits per heavy atom. The predicted octanol–water partition coefficient (Wildman–Crippen LogP) is 4.03. The fraction of sp³-hybridized carbons (Fsp3) is 0.875. The van der Waals surface area contributed by atoms with Gasteiger partial charge in [0.05, 0.1) is 25.4 Å². The van der Waals surface area contributed by atoms with Crippen molar-refractivity contribution in [2.24, 2.45) is 0 Å². The standard InChI is InChI=1S/C16H31N2O7P/c1-7-22-14(19)17-18(15(20)23-8-2)16(10-9-11-16)26(21,24-12(3)4)25-13(5)6/h12-13H,7-11H2,1-6H3,(H,17,19). The normalized spacial score (nSPS) is 16.2. The van der Waals surface area contributed by atoms with E-state index in [-0.39, 0.29) is 13.2 Å². The molecule has 0 aromatic rings. The van der Waals surface area contributed by atoms with Crippen molar-refractivity contribution < 1.29 is 32.7 Å². The van der Waals surface area contributed by atoms with E-state index in [1.165, 1.54) is 0 Å². The maximum atomic E-state index is 13.7. The van der Waals surface area contributed by atoms with E-state index >= 15 is 0 Å². The Morgan fingerprint density at radius 2 is 1.54 bits per heavy atom. The van der Waals surface area contributed by atoms with Crippen LogP contribution in [0.1, 0.15) is 60.8 Å². The molecule has 9 nitrogen and oxygen atoms in total. The highest BCUT2D eigenvalue weighted by molar-refractivity contribution is 7.55. The van der Waals surface area contributed by atoms with Crippen LogP contribution in [0.2, 0.25) is 0 Å². The van der Waals surface area contributed by atoms with Crippen LogP contribution in [0.4, 0.5) is 9.59 Å². The minimum Gasteiger partial charge on any atom is -0.449 e. The average Bonchev–Trinajstić information content (AvgIpc) is 2.43. The molecule has 0 heterocycles. The molecule has 1 aliphatic rings. The Labute approximate surface area is 155 Å². The van der Waals surface area contributed by atoms with Crippen molar-refractivity contribution >= 4 is 19.8 Å². The second kappa shape index (κ2) is 9.58. The molecule has 0 aromatic heterocycles. The highest BCUT2D eigenvalue weighted by Crippen LogP contribution is 2.69. The molecular weight excluding hydrogens is 363 g/mol. The van der Waals surface area contributed by atoms with Gasteiger partial charge in [0.25, 0.3) is 0 Å². The highest BCUT2D eigenvalue weighted by Gasteiger charge is 2.62. The van der Waals surface area contributed by atoms with Crippen LogP contribution in [0.5, 0.6) is 0 Å². The number of amides is 2. The van der Waals surface area contributed by atoms with Gasteiger partial charge in [-0.3, -0.25) is 4.57 Å². The molecule has 10 heteroatoms. The first-order chi connectivity index (χ1) is 12.1. The summed E-state index contributed by atoms with van der Waals surface area (Å²) in [6.07, 6.45) is -1.09. The Morgan fingerprint density at radius 3 is 1.88 bits per heavy atom. The van der Waals surface area contributed by atoms with E-state index < -0.39 is 37.3 Å². The number of nitrogens with one attached hydrogen (secondary N) is 1. The summed E-state index contributed by atoms with van der Waals surface area (Å²) in [4.78, 5) is 24.5. The fourth-order valence-electron chi connectivity index (χ4n) is 2.65. The minimum absolute atomic E-state index is 0.0935. The van der Waals surface area contributed by atoms with Gasteiger partial charge in [-0.25, -0.2) is 15.0 Å². The molecule has 0 atom stereocenters. The molecule has 1 N–H and O–H groups in total. The number of hydrazine groups is 1. The van der Waals surface area contributed by atoms with E-state index in [0.717, 1.165) is 5.01 Å². The summed E-state index contributed by atoms with van der Waals surface area (Å²) in [5.74, 6) is 0. The van der Waals surface area contributed by atoms with Crippen LogP contribution in [-0.4, -0.2) is 47.9 Å². The van der Waals surface area contributed by atoms with Crippen molar-refractivity contribution in [3.63, 3.8) is 0 Å². The number of rotatable bonds is 8. The zero-order chi connectivity index (χ0) is 20.0. The number of nitrogens with zero attached hydrogens (tertiary/aromatic N) is 1. The summed E-state index contributed by atoms with van der Waals surface area (Å²) in [7, 11) is -3.82. The van der Waals surface area contributed by atoms with E-state index in [9.17, 15) is 14.2 Å². The predicted molar refractivity (Wildman–Crippen MR) is 95.6 cm³/mol. The van der Waals surface area contributed by atoms with Gasteiger partial charge < -0.3 is 18.5 Å². The summed E-state index contributed by atoms with van der Waals surface area (Å²) < 4.78 is 35.1. The van der Waals surface area contributed by atoms with Crippen LogP contribution >= 0.6 is 7.60 Å². The Hall–Kier alpha value is -1.31. The average molecular weight is 394 g/mol. The van der Waals surface area contributed by atoms with Gasteiger partial charge in [-0.05, 0) is 60.8 Å². The molecule has 0 aliphatic heterocycles. The Kier molecular flexibility index (Phi) is 8.37. The van der Waals surface area contributed by atoms with Gasteiger partial charge in [0, 0.05) is 0 Å². The first-order valence-corrected chi connectivity index (χ1v) is 10.5. The quantitative estimate of drug-likeness (QED) is 0.490. The molecule has 0 bridgehead atoms. The molecule has 1 rings (SSSR count). The first-order valence-electron chi connectivity index (χ1n) is 8.99. The number of hydrogen-bond donors (Lipinski definition) is 1. The number of carbonyl (C=O) groups is 2. The molecule has 0 spiro atoms. The number of hydrogen-bond acceptors (Lipinski definition) is 7. The molecule has 1 saturated carbocycles. The van der Waals surface area contributed by atoms with Crippen molar-refractivity contribution in [2.45, 2.75) is 78.3 Å². The molecule has 0 saturated heterocycles. The Bertz CT molecular complexity index is 521. The third-order valence-corrected chi connectivity index (χ3v) is 6.77. The monoisotopic (exact) mass is 394 g/mol. The van der Waals surface area contributed by atoms with E-state index in [1.54, 1.807) is 41.5 Å². The van der Waals surface area contributed by atoms with Crippen molar-refractivity contribution in [1.82, 2.24) is 10.4 Å². The van der Waals surface area contributed by atoms with Crippen LogP contribution in [-0.2, 0) is 23.1 Å². The van der Waals surface area contributed by atoms with Gasteiger partial charge in [-0.1, -0.05) is 0 Å². The van der Waals surface area contributed by atoms with E-state index in [2.05, 4.69) is 5.43 Å². The number of carbonyl (C=O) groups excluding carboxylic acids is 2. The van der Waals surface area contributed by atoms with Crippen molar-refractivity contribution in [1.29, 1.82) is 0 Å². The van der Waals surface area contributed by atoms with Crippen molar-refractivity contribution in [2.75, 3.05) is 13.2 Å². The third-order valence-electron chi connectivity index (χ3n) is 3.71. The van der Waals surface area contributed by atoms with E-state index in [0.29, 0.717) is 19.3 Å². The van der Waals surface area contributed by atoms with Crippen LogP contribution < -0.4 is 5.43 Å². The smallest absolute Gasteiger partial charge is 0.429 e. The van der Waals surface area contributed by atoms with E-state index in [4.69, 9.17) is 18.5 Å². The molecule has 0 unspecified atom stereocenters. The van der Waals surface area contributed by atoms with Crippen LogP contribution in [0.25, 0.3) is 0 Å². The second-order valence-electron chi connectivity index (χ2n) is 6.51. The van der Waals surface area contributed by atoms with E-state index in [1.807, 2.05) is 0 Å². The first kappa shape index (κ1) is 22.7. The third kappa shape index (κ3) is 5.11. The zero-order valence-electron chi connectivity index (χ0n) is 16.4. The molecule has 1 fully saturated rings. The Balaban J connectivity index is 3.31. The lowest BCUT2D eigenvalue weighted by Gasteiger charge is -2.51. The fourth-order valence-corrected chi connectivity index (χ4v) is 5.44. The lowest BCUT2D eigenvalue weighted by atomic mass is 9.91. The zero-order valence-corrected chi connectivity index (χ0v) is 17.3. The summed E-state index contributed by atoms with van der Waals surface area (Å²) >= 11 is 0. The van der Waals surface area contributed by atoms with Crippen LogP contribution in [0, 0.1) is 0 Å².